The van der Waals surface area contributed by atoms with Crippen molar-refractivity contribution < 1.29 is 24.2 Å². The molecule has 2 aromatic carbocycles. The van der Waals surface area contributed by atoms with Crippen LogP contribution >= 0.6 is 0 Å². The van der Waals surface area contributed by atoms with Gasteiger partial charge < -0.3 is 20.1 Å². The molecule has 1 heterocycles. The molecule has 0 aromatic heterocycles. The van der Waals surface area contributed by atoms with Crippen molar-refractivity contribution in [1.82, 2.24) is 10.2 Å². The Morgan fingerprint density at radius 2 is 1.77 bits per heavy atom. The summed E-state index contributed by atoms with van der Waals surface area (Å²) >= 11 is 0. The van der Waals surface area contributed by atoms with Crippen LogP contribution in [0.5, 0.6) is 0 Å². The van der Waals surface area contributed by atoms with Crippen molar-refractivity contribution in [3.8, 4) is 11.1 Å². The summed E-state index contributed by atoms with van der Waals surface area (Å²) in [6, 6.07) is 14.9. The number of rotatable bonds is 8. The molecular formula is C28H32N2O5. The van der Waals surface area contributed by atoms with Crippen LogP contribution in [0.1, 0.15) is 49.7 Å². The second-order valence-electron chi connectivity index (χ2n) is 9.25. The molecule has 1 fully saturated rings. The number of amides is 2. The first kappa shape index (κ1) is 24.5. The average molecular weight is 477 g/mol. The fraction of sp³-hybridized carbons (Fsp3) is 0.393. The van der Waals surface area contributed by atoms with Gasteiger partial charge in [-0.15, -0.1) is 6.58 Å². The summed E-state index contributed by atoms with van der Waals surface area (Å²) in [4.78, 5) is 39.3. The third kappa shape index (κ3) is 5.09. The number of ether oxygens (including phenoxy) is 1. The Hall–Kier alpha value is -3.61. The number of nitrogens with one attached hydrogen (secondary N) is 1. The van der Waals surface area contributed by atoms with Crippen LogP contribution in [0.15, 0.2) is 61.2 Å². The van der Waals surface area contributed by atoms with E-state index in [-0.39, 0.29) is 18.4 Å². The summed E-state index contributed by atoms with van der Waals surface area (Å²) in [5, 5.41) is 12.2. The summed E-state index contributed by atoms with van der Waals surface area (Å²) in [7, 11) is 0. The topological polar surface area (TPSA) is 95.9 Å². The van der Waals surface area contributed by atoms with Gasteiger partial charge in [0.25, 0.3) is 0 Å². The predicted octanol–water partition coefficient (Wildman–Crippen LogP) is 4.57. The van der Waals surface area contributed by atoms with Gasteiger partial charge in [0, 0.05) is 18.5 Å². The number of carboxylic acids is 1. The molecule has 2 amide bonds. The number of carboxylic acid groups (broad SMARTS) is 1. The number of nitrogens with zero attached hydrogens (tertiary/aromatic N) is 1. The molecule has 0 spiro atoms. The molecule has 1 aliphatic heterocycles. The first-order chi connectivity index (χ1) is 16.9. The summed E-state index contributed by atoms with van der Waals surface area (Å²) in [6.07, 6.45) is 3.09. The Morgan fingerprint density at radius 3 is 2.37 bits per heavy atom. The molecule has 0 bridgehead atoms. The quantitative estimate of drug-likeness (QED) is 0.544. The smallest absolute Gasteiger partial charge is 0.407 e. The molecule has 2 aliphatic rings. The monoisotopic (exact) mass is 476 g/mol. The van der Waals surface area contributed by atoms with Crippen molar-refractivity contribution in [3.63, 3.8) is 0 Å². The standard InChI is InChI=1S/C28H32N2O5/c1-3-4-15-25(26(31)30-16-9-14-19(18(30)2)27(32)33)29-28(34)35-17-24-22-12-7-5-10-20(22)21-11-6-8-13-23(21)24/h3,5-8,10-13,18-19,24-25H,1,4,9,14-17H2,2H3,(H,29,34)(H,32,33)/t18-,19-,25?/m1/s1. The van der Waals surface area contributed by atoms with Crippen LogP contribution in [-0.2, 0) is 14.3 Å². The van der Waals surface area contributed by atoms with Crippen LogP contribution in [0.4, 0.5) is 4.79 Å². The second-order valence-corrected chi connectivity index (χ2v) is 9.25. The zero-order chi connectivity index (χ0) is 24.9. The van der Waals surface area contributed by atoms with Crippen LogP contribution in [0.3, 0.4) is 0 Å². The van der Waals surface area contributed by atoms with E-state index in [4.69, 9.17) is 4.74 Å². The minimum atomic E-state index is -0.901. The molecule has 0 radical (unpaired) electrons. The van der Waals surface area contributed by atoms with Crippen molar-refractivity contribution in [2.45, 2.75) is 50.6 Å². The number of carbonyl (C=O) groups is 3. The molecule has 2 aromatic rings. The van der Waals surface area contributed by atoms with E-state index in [0.29, 0.717) is 32.2 Å². The molecule has 7 heteroatoms. The van der Waals surface area contributed by atoms with E-state index in [1.807, 2.05) is 36.4 Å². The number of benzene rings is 2. The molecular weight excluding hydrogens is 444 g/mol. The van der Waals surface area contributed by atoms with Crippen molar-refractivity contribution in [3.05, 3.63) is 72.3 Å². The first-order valence-electron chi connectivity index (χ1n) is 12.2. The zero-order valence-corrected chi connectivity index (χ0v) is 20.0. The van der Waals surface area contributed by atoms with Gasteiger partial charge in [0.15, 0.2) is 0 Å². The maximum Gasteiger partial charge on any atom is 0.407 e. The molecule has 3 atom stereocenters. The van der Waals surface area contributed by atoms with Gasteiger partial charge in [-0.25, -0.2) is 4.79 Å². The first-order valence-corrected chi connectivity index (χ1v) is 12.2. The third-order valence-corrected chi connectivity index (χ3v) is 7.18. The van der Waals surface area contributed by atoms with Crippen molar-refractivity contribution in [2.75, 3.05) is 13.2 Å². The van der Waals surface area contributed by atoms with E-state index in [1.165, 1.54) is 0 Å². The molecule has 2 N–H and O–H groups in total. The van der Waals surface area contributed by atoms with Crippen LogP contribution in [0, 0.1) is 5.92 Å². The Kier molecular flexibility index (Phi) is 7.54. The summed E-state index contributed by atoms with van der Waals surface area (Å²) in [5.74, 6) is -1.86. The predicted molar refractivity (Wildman–Crippen MR) is 133 cm³/mol. The van der Waals surface area contributed by atoms with Gasteiger partial charge in [-0.2, -0.15) is 0 Å². The van der Waals surface area contributed by atoms with E-state index >= 15 is 0 Å². The van der Waals surface area contributed by atoms with Gasteiger partial charge in [0.05, 0.1) is 5.92 Å². The molecule has 35 heavy (non-hydrogen) atoms. The normalized spacial score (nSPS) is 19.9. The van der Waals surface area contributed by atoms with Gasteiger partial charge in [0.1, 0.15) is 12.6 Å². The van der Waals surface area contributed by atoms with Crippen molar-refractivity contribution >= 4 is 18.0 Å². The number of aliphatic carboxylic acids is 1. The highest BCUT2D eigenvalue weighted by Crippen LogP contribution is 2.44. The fourth-order valence-electron chi connectivity index (χ4n) is 5.31. The highest BCUT2D eigenvalue weighted by molar-refractivity contribution is 5.87. The van der Waals surface area contributed by atoms with Gasteiger partial charge in [0.2, 0.25) is 5.91 Å². The number of allylic oxidation sites excluding steroid dienone is 1. The number of likely N-dealkylation sites (tertiary alicyclic amines) is 1. The maximum absolute atomic E-state index is 13.3. The Bertz CT molecular complexity index is 1070. The van der Waals surface area contributed by atoms with Crippen LogP contribution in [0.25, 0.3) is 11.1 Å². The SMILES string of the molecule is C=CCCC(NC(=O)OCC1c2ccccc2-c2ccccc21)C(=O)N1CCC[C@@H](C(=O)O)[C@H]1C. The minimum absolute atomic E-state index is 0.0751. The average Bonchev–Trinajstić information content (AvgIpc) is 3.18. The second kappa shape index (κ2) is 10.8. The van der Waals surface area contributed by atoms with E-state index in [9.17, 15) is 19.5 Å². The Labute approximate surface area is 205 Å². The molecule has 1 unspecified atom stereocenters. The lowest BCUT2D eigenvalue weighted by Gasteiger charge is -2.39. The van der Waals surface area contributed by atoms with Crippen molar-refractivity contribution in [1.29, 1.82) is 0 Å². The molecule has 7 nitrogen and oxygen atoms in total. The highest BCUT2D eigenvalue weighted by atomic mass is 16.5. The lowest BCUT2D eigenvalue weighted by atomic mass is 9.89. The zero-order valence-electron chi connectivity index (χ0n) is 20.0. The van der Waals surface area contributed by atoms with Gasteiger partial charge in [-0.3, -0.25) is 9.59 Å². The Balaban J connectivity index is 1.43. The number of carbonyl (C=O) groups excluding carboxylic acids is 2. The van der Waals surface area contributed by atoms with E-state index in [2.05, 4.69) is 24.0 Å². The largest absolute Gasteiger partial charge is 0.481 e. The lowest BCUT2D eigenvalue weighted by molar-refractivity contribution is -0.149. The molecule has 1 saturated heterocycles. The summed E-state index contributed by atoms with van der Waals surface area (Å²) < 4.78 is 5.63. The minimum Gasteiger partial charge on any atom is -0.481 e. The number of fused-ring (bicyclic) bond motifs is 3. The third-order valence-electron chi connectivity index (χ3n) is 7.18. The fourth-order valence-corrected chi connectivity index (χ4v) is 5.31. The molecule has 1 aliphatic carbocycles. The maximum atomic E-state index is 13.3. The van der Waals surface area contributed by atoms with Crippen LogP contribution in [-0.4, -0.2) is 53.2 Å². The van der Waals surface area contributed by atoms with E-state index in [1.54, 1.807) is 17.9 Å². The van der Waals surface area contributed by atoms with Crippen LogP contribution in [0.2, 0.25) is 0 Å². The number of hydrogen-bond acceptors (Lipinski definition) is 4. The molecule has 184 valence electrons. The number of piperidine rings is 1. The Morgan fingerprint density at radius 1 is 1.14 bits per heavy atom. The summed E-state index contributed by atoms with van der Waals surface area (Å²) in [6.45, 7) is 6.11. The van der Waals surface area contributed by atoms with E-state index < -0.39 is 30.1 Å². The van der Waals surface area contributed by atoms with Crippen molar-refractivity contribution in [2.24, 2.45) is 5.92 Å². The van der Waals surface area contributed by atoms with Gasteiger partial charge in [-0.05, 0) is 54.9 Å². The number of hydrogen-bond donors (Lipinski definition) is 2. The summed E-state index contributed by atoms with van der Waals surface area (Å²) in [5.41, 5.74) is 4.51. The van der Waals surface area contributed by atoms with E-state index in [0.717, 1.165) is 22.3 Å². The van der Waals surface area contributed by atoms with Gasteiger partial charge >= 0.3 is 12.1 Å². The molecule has 4 rings (SSSR count). The highest BCUT2D eigenvalue weighted by Gasteiger charge is 2.38. The van der Waals surface area contributed by atoms with Crippen LogP contribution < -0.4 is 5.32 Å². The molecule has 0 saturated carbocycles. The number of alkyl carbamates (subject to hydrolysis) is 1. The lowest BCUT2D eigenvalue weighted by Crippen LogP contribution is -2.56. The van der Waals surface area contributed by atoms with Gasteiger partial charge in [-0.1, -0.05) is 54.6 Å².